The quantitative estimate of drug-likeness (QED) is 0.920. The van der Waals surface area contributed by atoms with Gasteiger partial charge in [0.25, 0.3) is 0 Å². The second-order valence-electron chi connectivity index (χ2n) is 5.49. The lowest BCUT2D eigenvalue weighted by Gasteiger charge is -2.23. The maximum Gasteiger partial charge on any atom is 0.243 e. The molecule has 0 saturated carbocycles. The molecule has 0 bridgehead atoms. The van der Waals surface area contributed by atoms with Crippen molar-refractivity contribution in [1.29, 1.82) is 0 Å². The molecule has 2 heterocycles. The maximum atomic E-state index is 12.9. The summed E-state index contributed by atoms with van der Waals surface area (Å²) in [5.74, 6) is -0.182. The van der Waals surface area contributed by atoms with Gasteiger partial charge in [-0.2, -0.15) is 4.31 Å². The third kappa shape index (κ3) is 3.31. The van der Waals surface area contributed by atoms with Crippen LogP contribution in [-0.4, -0.2) is 25.2 Å². The number of nitrogens with zero attached hydrogens (tertiary/aromatic N) is 1. The highest BCUT2D eigenvalue weighted by molar-refractivity contribution is 7.89. The molecular formula is C16H18N2O3S2. The first-order valence-corrected chi connectivity index (χ1v) is 9.73. The Balaban J connectivity index is 1.87. The largest absolute Gasteiger partial charge is 0.326 e. The van der Waals surface area contributed by atoms with Crippen LogP contribution in [-0.2, 0) is 14.8 Å². The number of benzene rings is 1. The highest BCUT2D eigenvalue weighted by Crippen LogP contribution is 2.38. The highest BCUT2D eigenvalue weighted by atomic mass is 32.2. The summed E-state index contributed by atoms with van der Waals surface area (Å²) >= 11 is 1.59. The highest BCUT2D eigenvalue weighted by Gasteiger charge is 2.36. The van der Waals surface area contributed by atoms with Crippen LogP contribution in [0.2, 0.25) is 0 Å². The van der Waals surface area contributed by atoms with E-state index in [4.69, 9.17) is 0 Å². The first-order valence-electron chi connectivity index (χ1n) is 7.41. The second-order valence-corrected chi connectivity index (χ2v) is 8.36. The zero-order valence-corrected chi connectivity index (χ0v) is 14.4. The Morgan fingerprint density at radius 2 is 2.00 bits per heavy atom. The number of carbonyl (C=O) groups excluding carboxylic acids is 1. The van der Waals surface area contributed by atoms with Gasteiger partial charge in [-0.15, -0.1) is 11.3 Å². The lowest BCUT2D eigenvalue weighted by atomic mass is 10.2. The van der Waals surface area contributed by atoms with Gasteiger partial charge >= 0.3 is 0 Å². The average Bonchev–Trinajstić information content (AvgIpc) is 3.18. The molecule has 0 radical (unpaired) electrons. The van der Waals surface area contributed by atoms with Gasteiger partial charge in [0.15, 0.2) is 0 Å². The van der Waals surface area contributed by atoms with E-state index in [0.29, 0.717) is 12.2 Å². The Morgan fingerprint density at radius 3 is 2.61 bits per heavy atom. The monoisotopic (exact) mass is 350 g/mol. The van der Waals surface area contributed by atoms with Crippen LogP contribution in [0.25, 0.3) is 0 Å². The second kappa shape index (κ2) is 6.43. The molecule has 122 valence electrons. The molecule has 1 aliphatic heterocycles. The molecule has 5 nitrogen and oxygen atoms in total. The van der Waals surface area contributed by atoms with Gasteiger partial charge < -0.3 is 5.32 Å². The van der Waals surface area contributed by atoms with Crippen LogP contribution in [0.3, 0.4) is 0 Å². The zero-order chi connectivity index (χ0) is 16.4. The van der Waals surface area contributed by atoms with Crippen LogP contribution in [0.1, 0.15) is 30.7 Å². The molecule has 7 heteroatoms. The maximum absolute atomic E-state index is 12.9. The predicted molar refractivity (Wildman–Crippen MR) is 90.9 cm³/mol. The Bertz CT molecular complexity index is 783. The molecule has 0 spiro atoms. The molecule has 1 aromatic heterocycles. The topological polar surface area (TPSA) is 66.5 Å². The molecule has 0 aliphatic carbocycles. The number of hydrogen-bond acceptors (Lipinski definition) is 4. The first-order chi connectivity index (χ1) is 11.0. The summed E-state index contributed by atoms with van der Waals surface area (Å²) in [6, 6.07) is 10.2. The molecule has 3 rings (SSSR count). The number of rotatable bonds is 4. The molecular weight excluding hydrogens is 332 g/mol. The molecule has 1 amide bonds. The van der Waals surface area contributed by atoms with Gasteiger partial charge in [0.1, 0.15) is 0 Å². The summed E-state index contributed by atoms with van der Waals surface area (Å²) < 4.78 is 27.4. The van der Waals surface area contributed by atoms with E-state index in [0.717, 1.165) is 17.7 Å². The van der Waals surface area contributed by atoms with Crippen molar-refractivity contribution < 1.29 is 13.2 Å². The van der Waals surface area contributed by atoms with Crippen LogP contribution >= 0.6 is 11.3 Å². The van der Waals surface area contributed by atoms with Crippen molar-refractivity contribution in [2.24, 2.45) is 0 Å². The fourth-order valence-corrected chi connectivity index (χ4v) is 5.46. The summed E-state index contributed by atoms with van der Waals surface area (Å²) in [7, 11) is -3.53. The fraction of sp³-hybridized carbons (Fsp3) is 0.312. The number of sulfonamides is 1. The summed E-state index contributed by atoms with van der Waals surface area (Å²) in [6.45, 7) is 1.96. The van der Waals surface area contributed by atoms with Crippen LogP contribution < -0.4 is 5.32 Å². The van der Waals surface area contributed by atoms with Crippen molar-refractivity contribution in [3.63, 3.8) is 0 Å². The summed E-state index contributed by atoms with van der Waals surface area (Å²) in [5.41, 5.74) is 0.590. The SMILES string of the molecule is CC(=O)Nc1ccc(S(=O)(=O)N2CCC[C@H]2c2cccs2)cc1. The summed E-state index contributed by atoms with van der Waals surface area (Å²) in [6.07, 6.45) is 1.72. The lowest BCUT2D eigenvalue weighted by Crippen LogP contribution is -2.30. The van der Waals surface area contributed by atoms with Crippen LogP contribution in [0.4, 0.5) is 5.69 Å². The zero-order valence-electron chi connectivity index (χ0n) is 12.7. The minimum atomic E-state index is -3.53. The van der Waals surface area contributed by atoms with Gasteiger partial charge in [0.05, 0.1) is 10.9 Å². The van der Waals surface area contributed by atoms with E-state index < -0.39 is 10.0 Å². The number of amides is 1. The summed E-state index contributed by atoms with van der Waals surface area (Å²) in [4.78, 5) is 12.4. The van der Waals surface area contributed by atoms with Crippen molar-refractivity contribution >= 4 is 33.0 Å². The van der Waals surface area contributed by atoms with Crippen LogP contribution in [0, 0.1) is 0 Å². The van der Waals surface area contributed by atoms with E-state index in [1.807, 2.05) is 17.5 Å². The fourth-order valence-electron chi connectivity index (χ4n) is 2.84. The Kier molecular flexibility index (Phi) is 4.52. The minimum absolute atomic E-state index is 0.0741. The van der Waals surface area contributed by atoms with Crippen molar-refractivity contribution in [2.45, 2.75) is 30.7 Å². The van der Waals surface area contributed by atoms with E-state index in [1.165, 1.54) is 6.92 Å². The van der Waals surface area contributed by atoms with E-state index in [9.17, 15) is 13.2 Å². The first kappa shape index (κ1) is 16.2. The minimum Gasteiger partial charge on any atom is -0.326 e. The van der Waals surface area contributed by atoms with Crippen molar-refractivity contribution in [3.05, 3.63) is 46.7 Å². The Labute approximate surface area is 140 Å². The van der Waals surface area contributed by atoms with Crippen molar-refractivity contribution in [3.8, 4) is 0 Å². The molecule has 23 heavy (non-hydrogen) atoms. The molecule has 0 unspecified atom stereocenters. The van der Waals surface area contributed by atoms with E-state index >= 15 is 0 Å². The van der Waals surface area contributed by atoms with Gasteiger partial charge in [0, 0.05) is 24.0 Å². The third-order valence-corrected chi connectivity index (χ3v) is 6.75. The number of anilines is 1. The average molecular weight is 350 g/mol. The van der Waals surface area contributed by atoms with Crippen molar-refractivity contribution in [1.82, 2.24) is 4.31 Å². The molecule has 1 atom stereocenters. The summed E-state index contributed by atoms with van der Waals surface area (Å²) in [5, 5.41) is 4.61. The molecule has 1 aliphatic rings. The van der Waals surface area contributed by atoms with E-state index in [-0.39, 0.29) is 16.8 Å². The molecule has 1 N–H and O–H groups in total. The van der Waals surface area contributed by atoms with Gasteiger partial charge in [-0.25, -0.2) is 8.42 Å². The molecule has 1 fully saturated rings. The standard InChI is InChI=1S/C16H18N2O3S2/c1-12(19)17-13-6-8-14(9-7-13)23(20,21)18-10-2-4-15(18)16-5-3-11-22-16/h3,5-9,11,15H,2,4,10H2,1H3,(H,17,19)/t15-/m0/s1. The van der Waals surface area contributed by atoms with Gasteiger partial charge in [0.2, 0.25) is 15.9 Å². The van der Waals surface area contributed by atoms with Gasteiger partial charge in [-0.05, 0) is 48.6 Å². The van der Waals surface area contributed by atoms with Crippen LogP contribution in [0.5, 0.6) is 0 Å². The van der Waals surface area contributed by atoms with E-state index in [1.54, 1.807) is 39.9 Å². The normalized spacial score (nSPS) is 18.9. The third-order valence-electron chi connectivity index (χ3n) is 3.86. The van der Waals surface area contributed by atoms with Gasteiger partial charge in [-0.1, -0.05) is 6.07 Å². The Hall–Kier alpha value is -1.70. The smallest absolute Gasteiger partial charge is 0.243 e. The van der Waals surface area contributed by atoms with Crippen molar-refractivity contribution in [2.75, 3.05) is 11.9 Å². The number of nitrogens with one attached hydrogen (secondary N) is 1. The lowest BCUT2D eigenvalue weighted by molar-refractivity contribution is -0.114. The van der Waals surface area contributed by atoms with Crippen LogP contribution in [0.15, 0.2) is 46.7 Å². The van der Waals surface area contributed by atoms with E-state index in [2.05, 4.69) is 5.32 Å². The number of carbonyl (C=O) groups is 1. The molecule has 2 aromatic rings. The number of hydrogen-bond donors (Lipinski definition) is 1. The predicted octanol–water partition coefficient (Wildman–Crippen LogP) is 3.23. The molecule has 1 saturated heterocycles. The molecule has 1 aromatic carbocycles. The van der Waals surface area contributed by atoms with Gasteiger partial charge in [-0.3, -0.25) is 4.79 Å². The number of thiophene rings is 1. The Morgan fingerprint density at radius 1 is 1.26 bits per heavy atom.